The lowest BCUT2D eigenvalue weighted by atomic mass is 9.90. The monoisotopic (exact) mass is 390 g/mol. The number of amides is 2. The van der Waals surface area contributed by atoms with Crippen LogP contribution in [0.3, 0.4) is 0 Å². The highest BCUT2D eigenvalue weighted by molar-refractivity contribution is 6.29. The van der Waals surface area contributed by atoms with Crippen LogP contribution in [-0.2, 0) is 14.3 Å². The van der Waals surface area contributed by atoms with Crippen molar-refractivity contribution in [3.8, 4) is 0 Å². The number of piperidine rings is 1. The van der Waals surface area contributed by atoms with E-state index < -0.39 is 0 Å². The lowest BCUT2D eigenvalue weighted by molar-refractivity contribution is -0.138. The van der Waals surface area contributed by atoms with Gasteiger partial charge in [0.25, 0.3) is 0 Å². The van der Waals surface area contributed by atoms with Crippen LogP contribution in [0.5, 0.6) is 0 Å². The number of hydrogen-bond donors (Lipinski definition) is 1. The van der Waals surface area contributed by atoms with E-state index in [0.717, 1.165) is 50.0 Å². The molecule has 4 rings (SSSR count). The maximum Gasteiger partial charge on any atom is 0.239 e. The summed E-state index contributed by atoms with van der Waals surface area (Å²) in [7, 11) is 0. The van der Waals surface area contributed by atoms with Crippen LogP contribution < -0.4 is 5.32 Å². The predicted octanol–water partition coefficient (Wildman–Crippen LogP) is 3.73. The van der Waals surface area contributed by atoms with Crippen molar-refractivity contribution in [2.45, 2.75) is 50.7 Å². The van der Waals surface area contributed by atoms with Gasteiger partial charge < -0.3 is 15.0 Å². The molecule has 0 bridgehead atoms. The number of halogens is 1. The number of likely N-dealkylation sites (tertiary alicyclic amines) is 1. The number of fused-ring (bicyclic) bond motifs is 1. The molecule has 0 unspecified atom stereocenters. The number of rotatable bonds is 4. The van der Waals surface area contributed by atoms with Gasteiger partial charge in [-0.15, -0.1) is 11.6 Å². The van der Waals surface area contributed by atoms with E-state index in [-0.39, 0.29) is 29.9 Å². The van der Waals surface area contributed by atoms with E-state index >= 15 is 0 Å². The fourth-order valence-electron chi connectivity index (χ4n) is 4.81. The topological polar surface area (TPSA) is 58.6 Å². The van der Waals surface area contributed by atoms with Gasteiger partial charge >= 0.3 is 0 Å². The largest absolute Gasteiger partial charge is 0.370 e. The van der Waals surface area contributed by atoms with Crippen LogP contribution >= 0.6 is 11.6 Å². The highest BCUT2D eigenvalue weighted by Crippen LogP contribution is 2.41. The Morgan fingerprint density at radius 3 is 2.81 bits per heavy atom. The predicted molar refractivity (Wildman–Crippen MR) is 105 cm³/mol. The maximum absolute atomic E-state index is 12.8. The first-order valence-corrected chi connectivity index (χ1v) is 10.6. The quantitative estimate of drug-likeness (QED) is 0.797. The molecular weight excluding hydrogens is 364 g/mol. The first kappa shape index (κ1) is 18.8. The van der Waals surface area contributed by atoms with E-state index in [1.165, 1.54) is 12.8 Å². The number of anilines is 1. The van der Waals surface area contributed by atoms with Gasteiger partial charge in [0.1, 0.15) is 5.88 Å². The fourth-order valence-corrected chi connectivity index (χ4v) is 4.88. The minimum absolute atomic E-state index is 0.0226. The third kappa shape index (κ3) is 4.14. The SMILES string of the molecule is O=C(CCl)Nc1cccc([C@H]2C[C@@H]3CN(C(=O)C4CCCC4)CC[C@@H]3O2)c1. The molecule has 146 valence electrons. The van der Waals surface area contributed by atoms with E-state index in [4.69, 9.17) is 16.3 Å². The first-order chi connectivity index (χ1) is 13.1. The van der Waals surface area contributed by atoms with Crippen molar-refractivity contribution in [2.75, 3.05) is 24.3 Å². The number of hydrogen-bond acceptors (Lipinski definition) is 3. The minimum atomic E-state index is -0.212. The minimum Gasteiger partial charge on any atom is -0.370 e. The van der Waals surface area contributed by atoms with Crippen LogP contribution in [0.2, 0.25) is 0 Å². The zero-order valence-electron chi connectivity index (χ0n) is 15.5. The zero-order chi connectivity index (χ0) is 18.8. The van der Waals surface area contributed by atoms with E-state index in [9.17, 15) is 9.59 Å². The van der Waals surface area contributed by atoms with Crippen molar-refractivity contribution in [3.63, 3.8) is 0 Å². The molecule has 1 aromatic rings. The number of nitrogens with zero attached hydrogens (tertiary/aromatic N) is 1. The molecule has 1 aliphatic carbocycles. The van der Waals surface area contributed by atoms with Crippen molar-refractivity contribution in [1.82, 2.24) is 4.90 Å². The lowest BCUT2D eigenvalue weighted by Crippen LogP contribution is -2.46. The molecule has 3 aliphatic rings. The van der Waals surface area contributed by atoms with Gasteiger partial charge in [-0.2, -0.15) is 0 Å². The van der Waals surface area contributed by atoms with E-state index in [1.54, 1.807) is 0 Å². The highest BCUT2D eigenvalue weighted by Gasteiger charge is 2.41. The molecule has 6 heteroatoms. The molecule has 1 aromatic carbocycles. The summed E-state index contributed by atoms with van der Waals surface area (Å²) in [5.41, 5.74) is 1.82. The normalized spacial score (nSPS) is 28.2. The Kier molecular flexibility index (Phi) is 5.69. The molecule has 0 aromatic heterocycles. The van der Waals surface area contributed by atoms with Crippen LogP contribution in [0.4, 0.5) is 5.69 Å². The first-order valence-electron chi connectivity index (χ1n) is 10.0. The Hall–Kier alpha value is -1.59. The molecule has 27 heavy (non-hydrogen) atoms. The molecule has 3 fully saturated rings. The number of carbonyl (C=O) groups excluding carboxylic acids is 2. The molecule has 0 spiro atoms. The molecule has 1 N–H and O–H groups in total. The summed E-state index contributed by atoms with van der Waals surface area (Å²) in [6.45, 7) is 1.63. The Balaban J connectivity index is 1.39. The standard InChI is InChI=1S/C21H27ClN2O3/c22-12-20(25)23-17-7-3-6-15(10-17)19-11-16-13-24(9-8-18(16)27-19)21(26)14-4-1-2-5-14/h3,6-7,10,14,16,18-19H,1-2,4-5,8-9,11-13H2,(H,23,25)/t16-,18+,19-/m1/s1. The molecule has 2 saturated heterocycles. The Morgan fingerprint density at radius 1 is 1.22 bits per heavy atom. The fraction of sp³-hybridized carbons (Fsp3) is 0.619. The van der Waals surface area contributed by atoms with Gasteiger partial charge in [0.2, 0.25) is 11.8 Å². The molecule has 3 atom stereocenters. The van der Waals surface area contributed by atoms with Crippen molar-refractivity contribution < 1.29 is 14.3 Å². The molecule has 2 aliphatic heterocycles. The average molecular weight is 391 g/mol. The third-order valence-corrected chi connectivity index (χ3v) is 6.44. The van der Waals surface area contributed by atoms with E-state index in [0.29, 0.717) is 11.8 Å². The smallest absolute Gasteiger partial charge is 0.239 e. The number of alkyl halides is 1. The second-order valence-corrected chi connectivity index (χ2v) is 8.29. The third-order valence-electron chi connectivity index (χ3n) is 6.20. The number of carbonyl (C=O) groups is 2. The van der Waals surface area contributed by atoms with Gasteiger partial charge in [-0.05, 0) is 43.4 Å². The molecule has 2 heterocycles. The molecule has 5 nitrogen and oxygen atoms in total. The number of benzene rings is 1. The molecule has 2 amide bonds. The average Bonchev–Trinajstić information content (AvgIpc) is 3.36. The van der Waals surface area contributed by atoms with Crippen molar-refractivity contribution in [3.05, 3.63) is 29.8 Å². The van der Waals surface area contributed by atoms with E-state index in [2.05, 4.69) is 10.2 Å². The van der Waals surface area contributed by atoms with E-state index in [1.807, 2.05) is 24.3 Å². The maximum atomic E-state index is 12.8. The summed E-state index contributed by atoms with van der Waals surface area (Å²) in [5.74, 6) is 0.743. The van der Waals surface area contributed by atoms with Gasteiger partial charge in [0, 0.05) is 30.6 Å². The Bertz CT molecular complexity index is 704. The molecule has 0 radical (unpaired) electrons. The zero-order valence-corrected chi connectivity index (χ0v) is 16.3. The van der Waals surface area contributed by atoms with Crippen molar-refractivity contribution in [2.24, 2.45) is 11.8 Å². The van der Waals surface area contributed by atoms with Gasteiger partial charge in [-0.25, -0.2) is 0 Å². The van der Waals surface area contributed by atoms with Crippen LogP contribution in [0, 0.1) is 11.8 Å². The second-order valence-electron chi connectivity index (χ2n) is 8.02. The second kappa shape index (κ2) is 8.19. The van der Waals surface area contributed by atoms with Crippen LogP contribution in [0.1, 0.15) is 50.2 Å². The number of nitrogens with one attached hydrogen (secondary N) is 1. The van der Waals surface area contributed by atoms with Crippen LogP contribution in [0.15, 0.2) is 24.3 Å². The van der Waals surface area contributed by atoms with Crippen LogP contribution in [0.25, 0.3) is 0 Å². The lowest BCUT2D eigenvalue weighted by Gasteiger charge is -2.35. The number of ether oxygens (including phenoxy) is 1. The van der Waals surface area contributed by atoms with Gasteiger partial charge in [0.15, 0.2) is 0 Å². The summed E-state index contributed by atoms with van der Waals surface area (Å²) >= 11 is 5.57. The summed E-state index contributed by atoms with van der Waals surface area (Å²) in [4.78, 5) is 26.3. The highest BCUT2D eigenvalue weighted by atomic mass is 35.5. The Labute approximate surface area is 165 Å². The Morgan fingerprint density at radius 2 is 2.04 bits per heavy atom. The van der Waals surface area contributed by atoms with Crippen molar-refractivity contribution >= 4 is 29.1 Å². The van der Waals surface area contributed by atoms with Gasteiger partial charge in [0.05, 0.1) is 12.2 Å². The summed E-state index contributed by atoms with van der Waals surface area (Å²) in [5, 5.41) is 2.79. The van der Waals surface area contributed by atoms with Gasteiger partial charge in [-0.1, -0.05) is 25.0 Å². The molecular formula is C21H27ClN2O3. The summed E-state index contributed by atoms with van der Waals surface area (Å²) < 4.78 is 6.31. The summed E-state index contributed by atoms with van der Waals surface area (Å²) in [6.07, 6.45) is 6.59. The molecule has 1 saturated carbocycles. The van der Waals surface area contributed by atoms with Crippen LogP contribution in [-0.4, -0.2) is 41.8 Å². The van der Waals surface area contributed by atoms with Gasteiger partial charge in [-0.3, -0.25) is 9.59 Å². The summed E-state index contributed by atoms with van der Waals surface area (Å²) in [6, 6.07) is 7.80. The van der Waals surface area contributed by atoms with Crippen molar-refractivity contribution in [1.29, 1.82) is 0 Å².